The average molecular weight is 362 g/mol. The molecule has 1 amide bonds. The van der Waals surface area contributed by atoms with Gasteiger partial charge in [-0.3, -0.25) is 4.79 Å². The van der Waals surface area contributed by atoms with E-state index >= 15 is 0 Å². The minimum absolute atomic E-state index is 0.0354. The second kappa shape index (κ2) is 5.76. The predicted octanol–water partition coefficient (Wildman–Crippen LogP) is 4.22. The van der Waals surface area contributed by atoms with Crippen LogP contribution in [0.4, 0.5) is 20.2 Å². The molecular weight excluding hydrogens is 354 g/mol. The summed E-state index contributed by atoms with van der Waals surface area (Å²) in [6.07, 6.45) is 0. The molecule has 0 heterocycles. The Labute approximate surface area is 126 Å². The molecule has 0 aromatic heterocycles. The van der Waals surface area contributed by atoms with E-state index in [1.165, 1.54) is 12.1 Å². The minimum Gasteiger partial charge on any atom is -0.397 e. The number of nitrogens with two attached hydrogens (primary N) is 1. The van der Waals surface area contributed by atoms with Crippen LogP contribution in [0.2, 0.25) is 5.02 Å². The van der Waals surface area contributed by atoms with Crippen molar-refractivity contribution >= 4 is 44.8 Å². The zero-order chi connectivity index (χ0) is 14.9. The molecule has 0 spiro atoms. The molecule has 0 aliphatic rings. The molecule has 0 aliphatic carbocycles. The molecule has 0 saturated carbocycles. The van der Waals surface area contributed by atoms with Crippen LogP contribution in [0.1, 0.15) is 10.4 Å². The van der Waals surface area contributed by atoms with E-state index in [-0.39, 0.29) is 26.4 Å². The third-order valence-corrected chi connectivity index (χ3v) is 3.49. The van der Waals surface area contributed by atoms with Crippen LogP contribution in [0.25, 0.3) is 0 Å². The van der Waals surface area contributed by atoms with Crippen molar-refractivity contribution in [1.29, 1.82) is 0 Å². The van der Waals surface area contributed by atoms with E-state index < -0.39 is 17.5 Å². The monoisotopic (exact) mass is 360 g/mol. The van der Waals surface area contributed by atoms with E-state index in [1.807, 2.05) is 0 Å². The average Bonchev–Trinajstić information content (AvgIpc) is 2.39. The Bertz CT molecular complexity index is 694. The van der Waals surface area contributed by atoms with Crippen molar-refractivity contribution in [2.24, 2.45) is 0 Å². The molecule has 2 aromatic carbocycles. The zero-order valence-corrected chi connectivity index (χ0v) is 12.2. The number of carbonyl (C=O) groups excluding carboxylic acids is 1. The van der Waals surface area contributed by atoms with Gasteiger partial charge in [0.05, 0.1) is 26.4 Å². The number of rotatable bonds is 2. The number of benzene rings is 2. The maximum Gasteiger partial charge on any atom is 0.257 e. The zero-order valence-electron chi connectivity index (χ0n) is 9.88. The summed E-state index contributed by atoms with van der Waals surface area (Å²) < 4.78 is 26.7. The van der Waals surface area contributed by atoms with Gasteiger partial charge >= 0.3 is 0 Å². The van der Waals surface area contributed by atoms with Crippen molar-refractivity contribution < 1.29 is 13.6 Å². The standard InChI is InChI=1S/C13H8BrClF2N2O/c14-7-4-11(10(17)5-9(7)16)19-13(20)6-2-1-3-8(15)12(6)18/h1-5H,18H2,(H,19,20). The highest BCUT2D eigenvalue weighted by Crippen LogP contribution is 2.26. The maximum absolute atomic E-state index is 13.6. The summed E-state index contributed by atoms with van der Waals surface area (Å²) in [4.78, 5) is 12.0. The highest BCUT2D eigenvalue weighted by molar-refractivity contribution is 9.10. The van der Waals surface area contributed by atoms with Gasteiger partial charge in [0, 0.05) is 6.07 Å². The van der Waals surface area contributed by atoms with Crippen molar-refractivity contribution in [3.05, 3.63) is 57.0 Å². The Balaban J connectivity index is 2.33. The van der Waals surface area contributed by atoms with Gasteiger partial charge < -0.3 is 11.1 Å². The number of hydrogen-bond acceptors (Lipinski definition) is 2. The molecule has 0 aliphatic heterocycles. The lowest BCUT2D eigenvalue weighted by atomic mass is 10.1. The fraction of sp³-hybridized carbons (Fsp3) is 0. The first-order chi connectivity index (χ1) is 9.40. The Morgan fingerprint density at radius 3 is 2.65 bits per heavy atom. The first-order valence-electron chi connectivity index (χ1n) is 5.40. The Morgan fingerprint density at radius 1 is 1.25 bits per heavy atom. The fourth-order valence-corrected chi connectivity index (χ4v) is 2.06. The lowest BCUT2D eigenvalue weighted by Crippen LogP contribution is -2.15. The Morgan fingerprint density at radius 2 is 1.95 bits per heavy atom. The van der Waals surface area contributed by atoms with Crippen LogP contribution < -0.4 is 11.1 Å². The molecule has 3 nitrogen and oxygen atoms in total. The molecule has 104 valence electrons. The molecule has 0 atom stereocenters. The largest absolute Gasteiger partial charge is 0.397 e. The number of carbonyl (C=O) groups is 1. The summed E-state index contributed by atoms with van der Waals surface area (Å²) in [5, 5.41) is 2.53. The summed E-state index contributed by atoms with van der Waals surface area (Å²) in [7, 11) is 0. The van der Waals surface area contributed by atoms with Gasteiger partial charge in [-0.05, 0) is 34.1 Å². The molecule has 0 bridgehead atoms. The van der Waals surface area contributed by atoms with Crippen LogP contribution in [0, 0.1) is 11.6 Å². The summed E-state index contributed by atoms with van der Waals surface area (Å²) in [5.41, 5.74) is 5.71. The van der Waals surface area contributed by atoms with Crippen LogP contribution in [-0.2, 0) is 0 Å². The summed E-state index contributed by atoms with van der Waals surface area (Å²) in [6, 6.07) is 6.32. The SMILES string of the molecule is Nc1c(Cl)cccc1C(=O)Nc1cc(Br)c(F)cc1F. The third-order valence-electron chi connectivity index (χ3n) is 2.56. The van der Waals surface area contributed by atoms with Crippen LogP contribution in [-0.4, -0.2) is 5.91 Å². The van der Waals surface area contributed by atoms with Crippen molar-refractivity contribution in [3.63, 3.8) is 0 Å². The molecule has 0 radical (unpaired) electrons. The number of para-hydroxylation sites is 1. The van der Waals surface area contributed by atoms with Crippen molar-refractivity contribution in [2.75, 3.05) is 11.1 Å². The topological polar surface area (TPSA) is 55.1 Å². The van der Waals surface area contributed by atoms with E-state index in [4.69, 9.17) is 17.3 Å². The smallest absolute Gasteiger partial charge is 0.257 e. The van der Waals surface area contributed by atoms with E-state index in [1.54, 1.807) is 6.07 Å². The van der Waals surface area contributed by atoms with E-state index in [0.29, 0.717) is 6.07 Å². The number of nitrogens with one attached hydrogen (secondary N) is 1. The highest BCUT2D eigenvalue weighted by atomic mass is 79.9. The summed E-state index contributed by atoms with van der Waals surface area (Å²) in [6.45, 7) is 0. The molecule has 2 aromatic rings. The van der Waals surface area contributed by atoms with Gasteiger partial charge in [0.25, 0.3) is 5.91 Å². The fourth-order valence-electron chi connectivity index (χ4n) is 1.54. The van der Waals surface area contributed by atoms with Gasteiger partial charge in [-0.1, -0.05) is 17.7 Å². The van der Waals surface area contributed by atoms with Crippen LogP contribution in [0.5, 0.6) is 0 Å². The molecule has 3 N–H and O–H groups in total. The molecule has 2 rings (SSSR count). The number of halogens is 4. The van der Waals surface area contributed by atoms with Crippen LogP contribution >= 0.6 is 27.5 Å². The van der Waals surface area contributed by atoms with Gasteiger partial charge in [0.15, 0.2) is 0 Å². The van der Waals surface area contributed by atoms with Crippen LogP contribution in [0.15, 0.2) is 34.8 Å². The van der Waals surface area contributed by atoms with Gasteiger partial charge in [0.1, 0.15) is 11.6 Å². The first kappa shape index (κ1) is 14.7. The quantitative estimate of drug-likeness (QED) is 0.622. The van der Waals surface area contributed by atoms with E-state index in [2.05, 4.69) is 21.2 Å². The lowest BCUT2D eigenvalue weighted by molar-refractivity contribution is 0.102. The summed E-state index contributed by atoms with van der Waals surface area (Å²) >= 11 is 8.72. The van der Waals surface area contributed by atoms with Gasteiger partial charge in [0.2, 0.25) is 0 Å². The Kier molecular flexibility index (Phi) is 4.25. The maximum atomic E-state index is 13.6. The van der Waals surface area contributed by atoms with Gasteiger partial charge in [-0.2, -0.15) is 0 Å². The van der Waals surface area contributed by atoms with Gasteiger partial charge in [-0.15, -0.1) is 0 Å². The number of amides is 1. The normalized spacial score (nSPS) is 10.4. The first-order valence-corrected chi connectivity index (χ1v) is 6.57. The van der Waals surface area contributed by atoms with Crippen molar-refractivity contribution in [2.45, 2.75) is 0 Å². The molecular formula is C13H8BrClF2N2O. The molecule has 20 heavy (non-hydrogen) atoms. The van der Waals surface area contributed by atoms with Crippen molar-refractivity contribution in [3.8, 4) is 0 Å². The number of nitrogen functional groups attached to an aromatic ring is 1. The number of anilines is 2. The molecule has 0 fully saturated rings. The van der Waals surface area contributed by atoms with E-state index in [9.17, 15) is 13.6 Å². The third kappa shape index (κ3) is 2.91. The second-order valence-corrected chi connectivity index (χ2v) is 5.16. The van der Waals surface area contributed by atoms with E-state index in [0.717, 1.165) is 6.07 Å². The van der Waals surface area contributed by atoms with Crippen molar-refractivity contribution in [1.82, 2.24) is 0 Å². The second-order valence-electron chi connectivity index (χ2n) is 3.90. The summed E-state index contributed by atoms with van der Waals surface area (Å²) in [5.74, 6) is -2.29. The molecule has 0 unspecified atom stereocenters. The van der Waals surface area contributed by atoms with Crippen LogP contribution in [0.3, 0.4) is 0 Å². The molecule has 7 heteroatoms. The highest BCUT2D eigenvalue weighted by Gasteiger charge is 2.15. The Hall–Kier alpha value is -1.66. The molecule has 0 saturated heterocycles. The van der Waals surface area contributed by atoms with Gasteiger partial charge in [-0.25, -0.2) is 8.78 Å². The minimum atomic E-state index is -0.889. The number of hydrogen-bond donors (Lipinski definition) is 2. The predicted molar refractivity (Wildman–Crippen MR) is 77.9 cm³/mol. The lowest BCUT2D eigenvalue weighted by Gasteiger charge is -2.10.